The molecule has 1 atom stereocenters. The van der Waals surface area contributed by atoms with Gasteiger partial charge >= 0.3 is 0 Å². The molecular weight excluding hydrogens is 460 g/mol. The van der Waals surface area contributed by atoms with Crippen molar-refractivity contribution in [3.05, 3.63) is 77.0 Å². The van der Waals surface area contributed by atoms with Crippen LogP contribution in [0.5, 0.6) is 0 Å². The lowest BCUT2D eigenvalue weighted by Crippen LogP contribution is -2.64. The molecule has 1 saturated carbocycles. The third kappa shape index (κ3) is 5.07. The van der Waals surface area contributed by atoms with E-state index in [-0.39, 0.29) is 17.9 Å². The summed E-state index contributed by atoms with van der Waals surface area (Å²) in [6, 6.07) is 18.6. The second kappa shape index (κ2) is 10.2. The Labute approximate surface area is 220 Å². The van der Waals surface area contributed by atoms with Gasteiger partial charge in [0.1, 0.15) is 11.2 Å². The maximum Gasteiger partial charge on any atom is 0.273 e. The van der Waals surface area contributed by atoms with Gasteiger partial charge in [-0.25, -0.2) is 0 Å². The molecule has 37 heavy (non-hydrogen) atoms. The van der Waals surface area contributed by atoms with Crippen molar-refractivity contribution < 1.29 is 9.59 Å². The molecule has 0 spiro atoms. The van der Waals surface area contributed by atoms with Gasteiger partial charge in [0.2, 0.25) is 5.91 Å². The van der Waals surface area contributed by atoms with Crippen LogP contribution in [0.3, 0.4) is 0 Å². The highest BCUT2D eigenvalue weighted by atomic mass is 16.2. The number of nitrogens with one attached hydrogen (secondary N) is 1. The van der Waals surface area contributed by atoms with E-state index in [1.807, 2.05) is 44.2 Å². The number of rotatable bonds is 6. The number of nitrogens with zero attached hydrogens (tertiary/aromatic N) is 3. The van der Waals surface area contributed by atoms with E-state index in [9.17, 15) is 9.59 Å². The van der Waals surface area contributed by atoms with Crippen molar-refractivity contribution in [1.82, 2.24) is 20.0 Å². The number of aryl methyl sites for hydroxylation is 1. The molecule has 2 heterocycles. The molecule has 0 bridgehead atoms. The number of amides is 2. The van der Waals surface area contributed by atoms with Crippen LogP contribution < -0.4 is 5.32 Å². The van der Waals surface area contributed by atoms with Crippen LogP contribution in [0.15, 0.2) is 54.6 Å². The summed E-state index contributed by atoms with van der Waals surface area (Å²) in [4.78, 5) is 29.6. The van der Waals surface area contributed by atoms with Crippen molar-refractivity contribution in [2.45, 2.75) is 90.4 Å². The lowest BCUT2D eigenvalue weighted by Gasteiger charge is -2.44. The third-order valence-electron chi connectivity index (χ3n) is 8.06. The largest absolute Gasteiger partial charge is 0.351 e. The summed E-state index contributed by atoms with van der Waals surface area (Å²) < 4.78 is 1.74. The maximum absolute atomic E-state index is 14.0. The minimum Gasteiger partial charge on any atom is -0.351 e. The summed E-state index contributed by atoms with van der Waals surface area (Å²) in [7, 11) is 0. The Morgan fingerprint density at radius 3 is 2.38 bits per heavy atom. The van der Waals surface area contributed by atoms with Crippen LogP contribution in [-0.2, 0) is 17.9 Å². The Morgan fingerprint density at radius 2 is 1.73 bits per heavy atom. The van der Waals surface area contributed by atoms with Gasteiger partial charge in [0.05, 0.1) is 12.2 Å². The summed E-state index contributed by atoms with van der Waals surface area (Å²) >= 11 is 0. The van der Waals surface area contributed by atoms with E-state index >= 15 is 0 Å². The zero-order valence-corrected chi connectivity index (χ0v) is 22.5. The highest BCUT2D eigenvalue weighted by Gasteiger charge is 2.48. The topological polar surface area (TPSA) is 67.2 Å². The molecule has 6 nitrogen and oxygen atoms in total. The van der Waals surface area contributed by atoms with Gasteiger partial charge in [-0.15, -0.1) is 0 Å². The van der Waals surface area contributed by atoms with E-state index in [1.54, 1.807) is 9.58 Å². The summed E-state index contributed by atoms with van der Waals surface area (Å²) in [5, 5.41) is 8.10. The van der Waals surface area contributed by atoms with Crippen LogP contribution in [0.2, 0.25) is 0 Å². The average Bonchev–Trinajstić information content (AvgIpc) is 3.32. The Bertz CT molecular complexity index is 1270. The highest BCUT2D eigenvalue weighted by Crippen LogP contribution is 2.32. The minimum atomic E-state index is -1.04. The molecule has 1 aromatic heterocycles. The van der Waals surface area contributed by atoms with Gasteiger partial charge in [-0.05, 0) is 49.8 Å². The number of carbonyl (C=O) groups is 2. The Morgan fingerprint density at radius 1 is 1.05 bits per heavy atom. The van der Waals surface area contributed by atoms with Crippen molar-refractivity contribution in [2.75, 3.05) is 0 Å². The van der Waals surface area contributed by atoms with Crippen LogP contribution in [-0.4, -0.2) is 38.1 Å². The van der Waals surface area contributed by atoms with Crippen molar-refractivity contribution in [3.8, 4) is 11.3 Å². The summed E-state index contributed by atoms with van der Waals surface area (Å²) in [6.45, 7) is 8.97. The third-order valence-corrected chi connectivity index (χ3v) is 8.06. The molecule has 1 N–H and O–H groups in total. The molecule has 5 rings (SSSR count). The zero-order valence-electron chi connectivity index (χ0n) is 22.5. The normalized spacial score (nSPS) is 20.2. The van der Waals surface area contributed by atoms with E-state index in [4.69, 9.17) is 5.10 Å². The number of carbonyl (C=O) groups excluding carboxylic acids is 2. The van der Waals surface area contributed by atoms with Crippen LogP contribution in [0.1, 0.15) is 86.0 Å². The number of benzene rings is 2. The van der Waals surface area contributed by atoms with Crippen molar-refractivity contribution in [2.24, 2.45) is 0 Å². The number of aromatic nitrogens is 2. The molecule has 1 fully saturated rings. The fourth-order valence-electron chi connectivity index (χ4n) is 5.53. The van der Waals surface area contributed by atoms with Gasteiger partial charge in [0.15, 0.2) is 0 Å². The Kier molecular flexibility index (Phi) is 6.93. The molecule has 1 aliphatic carbocycles. The first-order chi connectivity index (χ1) is 17.7. The predicted octanol–water partition coefficient (Wildman–Crippen LogP) is 5.85. The minimum absolute atomic E-state index is 0.0937. The lowest BCUT2D eigenvalue weighted by atomic mass is 9.91. The van der Waals surface area contributed by atoms with E-state index < -0.39 is 5.54 Å². The smallest absolute Gasteiger partial charge is 0.273 e. The Hall–Kier alpha value is -3.41. The molecule has 2 aromatic carbocycles. The number of fused-ring (bicyclic) bond motifs is 1. The van der Waals surface area contributed by atoms with Crippen molar-refractivity contribution in [1.29, 1.82) is 0 Å². The molecule has 0 radical (unpaired) electrons. The molecule has 0 saturated heterocycles. The first-order valence-corrected chi connectivity index (χ1v) is 13.6. The second-order valence-electron chi connectivity index (χ2n) is 11.3. The Balaban J connectivity index is 1.49. The molecule has 2 aliphatic rings. The molecule has 6 heteroatoms. The molecule has 1 aliphatic heterocycles. The number of hydrogen-bond acceptors (Lipinski definition) is 3. The summed E-state index contributed by atoms with van der Waals surface area (Å²) in [5.74, 6) is 0.194. The second-order valence-corrected chi connectivity index (χ2v) is 11.3. The first-order valence-electron chi connectivity index (χ1n) is 13.6. The van der Waals surface area contributed by atoms with Crippen LogP contribution >= 0.6 is 0 Å². The van der Waals surface area contributed by atoms with Crippen LogP contribution in [0.4, 0.5) is 0 Å². The summed E-state index contributed by atoms with van der Waals surface area (Å²) in [5.41, 5.74) is 4.64. The predicted molar refractivity (Wildman–Crippen MR) is 146 cm³/mol. The van der Waals surface area contributed by atoms with E-state index in [2.05, 4.69) is 43.4 Å². The van der Waals surface area contributed by atoms with Gasteiger partial charge in [-0.3, -0.25) is 14.3 Å². The fraction of sp³-hybridized carbons (Fsp3) is 0.452. The maximum atomic E-state index is 14.0. The van der Waals surface area contributed by atoms with Crippen molar-refractivity contribution in [3.63, 3.8) is 0 Å². The van der Waals surface area contributed by atoms with E-state index in [0.717, 1.165) is 48.1 Å². The standard InChI is InChI=1S/C31H38N4O2/c1-21(2)24-14-16-25(17-15-24)27-18-28-29(36)34(19-23-12-10-22(3)11-13-23)31(4,20-35(28)33-27)30(37)32-26-8-6-5-7-9-26/h10-18,21,26H,5-9,19-20H2,1-4H3,(H,32,37)/t31-/m0/s1. The van der Waals surface area contributed by atoms with E-state index in [0.29, 0.717) is 24.7 Å². The van der Waals surface area contributed by atoms with Gasteiger partial charge in [0, 0.05) is 18.2 Å². The lowest BCUT2D eigenvalue weighted by molar-refractivity contribution is -0.134. The van der Waals surface area contributed by atoms with Crippen molar-refractivity contribution >= 4 is 11.8 Å². The molecule has 0 unspecified atom stereocenters. The first kappa shape index (κ1) is 25.2. The molecule has 3 aromatic rings. The SMILES string of the molecule is Cc1ccc(CN2C(=O)c3cc(-c4ccc(C(C)C)cc4)nn3C[C@@]2(C)C(=O)NC2CCCCC2)cc1. The fourth-order valence-corrected chi connectivity index (χ4v) is 5.53. The van der Waals surface area contributed by atoms with Crippen LogP contribution in [0.25, 0.3) is 11.3 Å². The highest BCUT2D eigenvalue weighted by molar-refractivity contribution is 6.00. The average molecular weight is 499 g/mol. The monoisotopic (exact) mass is 498 g/mol. The molecular formula is C31H38N4O2. The van der Waals surface area contributed by atoms with Gasteiger partial charge in [0.25, 0.3) is 5.91 Å². The quantitative estimate of drug-likeness (QED) is 0.464. The molecule has 2 amide bonds. The van der Waals surface area contributed by atoms with Gasteiger partial charge in [-0.2, -0.15) is 5.10 Å². The zero-order chi connectivity index (χ0) is 26.2. The van der Waals surface area contributed by atoms with Gasteiger partial charge < -0.3 is 10.2 Å². The van der Waals surface area contributed by atoms with E-state index in [1.165, 1.54) is 12.0 Å². The van der Waals surface area contributed by atoms with Gasteiger partial charge in [-0.1, -0.05) is 87.2 Å². The number of hydrogen-bond donors (Lipinski definition) is 1. The van der Waals surface area contributed by atoms with Crippen LogP contribution in [0, 0.1) is 6.92 Å². The summed E-state index contributed by atoms with van der Waals surface area (Å²) in [6.07, 6.45) is 5.49. The molecule has 194 valence electrons.